The predicted octanol–water partition coefficient (Wildman–Crippen LogP) is 4.37. The van der Waals surface area contributed by atoms with E-state index in [0.29, 0.717) is 17.7 Å². The van der Waals surface area contributed by atoms with E-state index in [-0.39, 0.29) is 11.4 Å². The summed E-state index contributed by atoms with van der Waals surface area (Å²) in [6, 6.07) is 12.0. The third-order valence-corrected chi connectivity index (χ3v) is 6.10. The first-order valence-electron chi connectivity index (χ1n) is 10.2. The third-order valence-electron chi connectivity index (χ3n) is 5.61. The molecule has 30 heavy (non-hydrogen) atoms. The molecule has 2 aromatic heterocycles. The van der Waals surface area contributed by atoms with Gasteiger partial charge in [0.05, 0.1) is 17.4 Å². The molecule has 0 atom stereocenters. The van der Waals surface area contributed by atoms with Crippen LogP contribution in [0.15, 0.2) is 51.7 Å². The SMILES string of the molecule is O=c1nc2n(Cc3ccc(F)cc3)nc(N3CCCCCC3)n2c2ccc(Br)cc12. The van der Waals surface area contributed by atoms with Crippen molar-refractivity contribution in [1.82, 2.24) is 19.2 Å². The summed E-state index contributed by atoms with van der Waals surface area (Å²) in [6.07, 6.45) is 4.66. The predicted molar refractivity (Wildman–Crippen MR) is 119 cm³/mol. The third kappa shape index (κ3) is 3.49. The Kier molecular flexibility index (Phi) is 5.02. The summed E-state index contributed by atoms with van der Waals surface area (Å²) >= 11 is 3.45. The molecule has 0 aliphatic carbocycles. The molecule has 154 valence electrons. The molecule has 2 aromatic carbocycles. The largest absolute Gasteiger partial charge is 0.341 e. The van der Waals surface area contributed by atoms with Crippen molar-refractivity contribution in [1.29, 1.82) is 0 Å². The van der Waals surface area contributed by atoms with Gasteiger partial charge in [-0.25, -0.2) is 13.5 Å². The monoisotopic (exact) mass is 469 g/mol. The van der Waals surface area contributed by atoms with E-state index in [9.17, 15) is 9.18 Å². The highest BCUT2D eigenvalue weighted by Gasteiger charge is 2.21. The van der Waals surface area contributed by atoms with Crippen molar-refractivity contribution in [3.8, 4) is 0 Å². The fraction of sp³-hybridized carbons (Fsp3) is 0.318. The normalized spacial score (nSPS) is 15.1. The Hall–Kier alpha value is -2.74. The topological polar surface area (TPSA) is 55.4 Å². The maximum absolute atomic E-state index is 13.3. The maximum atomic E-state index is 13.3. The van der Waals surface area contributed by atoms with E-state index in [4.69, 9.17) is 5.10 Å². The van der Waals surface area contributed by atoms with Crippen molar-refractivity contribution in [2.24, 2.45) is 0 Å². The molecule has 0 N–H and O–H groups in total. The highest BCUT2D eigenvalue weighted by Crippen LogP contribution is 2.25. The molecule has 1 aliphatic rings. The number of fused-ring (bicyclic) bond motifs is 3. The molecule has 4 aromatic rings. The van der Waals surface area contributed by atoms with Crippen molar-refractivity contribution >= 4 is 38.6 Å². The number of benzene rings is 2. The summed E-state index contributed by atoms with van der Waals surface area (Å²) in [7, 11) is 0. The standard InChI is InChI=1S/C22H21BrFN5O/c23-16-7-10-19-18(13-16)20(30)25-21-28(14-15-5-8-17(24)9-6-15)26-22(29(19)21)27-11-3-1-2-4-12-27/h5-10,13H,1-4,11-12,14H2. The lowest BCUT2D eigenvalue weighted by Crippen LogP contribution is -2.26. The Balaban J connectivity index is 1.74. The zero-order chi connectivity index (χ0) is 20.7. The fourth-order valence-electron chi connectivity index (χ4n) is 4.10. The van der Waals surface area contributed by atoms with Gasteiger partial charge in [0.2, 0.25) is 11.7 Å². The van der Waals surface area contributed by atoms with Gasteiger partial charge in [0.15, 0.2) is 0 Å². The van der Waals surface area contributed by atoms with Crippen LogP contribution in [0.25, 0.3) is 16.7 Å². The second kappa shape index (κ2) is 7.83. The first-order chi connectivity index (χ1) is 14.6. The van der Waals surface area contributed by atoms with Crippen LogP contribution in [0.5, 0.6) is 0 Å². The molecule has 1 saturated heterocycles. The lowest BCUT2D eigenvalue weighted by molar-refractivity contribution is 0.625. The van der Waals surface area contributed by atoms with Crippen LogP contribution < -0.4 is 10.5 Å². The molecule has 0 bridgehead atoms. The zero-order valence-corrected chi connectivity index (χ0v) is 18.0. The lowest BCUT2D eigenvalue weighted by Gasteiger charge is -2.20. The second-order valence-electron chi connectivity index (χ2n) is 7.70. The van der Waals surface area contributed by atoms with Gasteiger partial charge in [-0.2, -0.15) is 4.98 Å². The van der Waals surface area contributed by atoms with E-state index in [1.165, 1.54) is 25.0 Å². The van der Waals surface area contributed by atoms with E-state index in [0.717, 1.165) is 47.4 Å². The molecular formula is C22H21BrFN5O. The average molecular weight is 470 g/mol. The first kappa shape index (κ1) is 19.2. The van der Waals surface area contributed by atoms with Crippen LogP contribution >= 0.6 is 15.9 Å². The Labute approximate surface area is 181 Å². The quantitative estimate of drug-likeness (QED) is 0.446. The van der Waals surface area contributed by atoms with Crippen LogP contribution in [-0.4, -0.2) is 32.3 Å². The molecule has 0 unspecified atom stereocenters. The van der Waals surface area contributed by atoms with Gasteiger partial charge < -0.3 is 4.90 Å². The summed E-state index contributed by atoms with van der Waals surface area (Å²) in [5.41, 5.74) is 1.40. The van der Waals surface area contributed by atoms with Crippen molar-refractivity contribution < 1.29 is 4.39 Å². The fourth-order valence-corrected chi connectivity index (χ4v) is 4.46. The smallest absolute Gasteiger partial charge is 0.282 e. The van der Waals surface area contributed by atoms with Crippen LogP contribution in [-0.2, 0) is 6.54 Å². The average Bonchev–Trinajstić information content (AvgIpc) is 2.91. The minimum Gasteiger partial charge on any atom is -0.341 e. The van der Waals surface area contributed by atoms with Gasteiger partial charge in [0.1, 0.15) is 5.82 Å². The molecular weight excluding hydrogens is 449 g/mol. The van der Waals surface area contributed by atoms with E-state index in [1.54, 1.807) is 22.9 Å². The van der Waals surface area contributed by atoms with E-state index in [1.807, 2.05) is 16.5 Å². The van der Waals surface area contributed by atoms with Crippen molar-refractivity contribution in [3.63, 3.8) is 0 Å². The molecule has 6 nitrogen and oxygen atoms in total. The summed E-state index contributed by atoms with van der Waals surface area (Å²) in [6.45, 7) is 2.26. The molecule has 3 heterocycles. The number of halogens is 2. The van der Waals surface area contributed by atoms with Crippen LogP contribution in [0.4, 0.5) is 10.3 Å². The van der Waals surface area contributed by atoms with Gasteiger partial charge in [-0.05, 0) is 48.7 Å². The molecule has 1 fully saturated rings. The van der Waals surface area contributed by atoms with E-state index >= 15 is 0 Å². The molecule has 0 spiro atoms. The summed E-state index contributed by atoms with van der Waals surface area (Å²) < 4.78 is 17.9. The number of hydrogen-bond acceptors (Lipinski definition) is 4. The number of hydrogen-bond donors (Lipinski definition) is 0. The Bertz CT molecular complexity index is 1270. The van der Waals surface area contributed by atoms with Gasteiger partial charge in [0.25, 0.3) is 5.56 Å². The minimum absolute atomic E-state index is 0.278. The molecule has 8 heteroatoms. The van der Waals surface area contributed by atoms with E-state index in [2.05, 4.69) is 25.8 Å². The minimum atomic E-state index is -0.283. The first-order valence-corrected chi connectivity index (χ1v) is 11.0. The van der Waals surface area contributed by atoms with Crippen molar-refractivity contribution in [2.75, 3.05) is 18.0 Å². The van der Waals surface area contributed by atoms with Crippen LogP contribution in [0, 0.1) is 5.82 Å². The lowest BCUT2D eigenvalue weighted by atomic mass is 10.2. The number of aromatic nitrogens is 4. The van der Waals surface area contributed by atoms with Crippen molar-refractivity contribution in [2.45, 2.75) is 32.2 Å². The van der Waals surface area contributed by atoms with Crippen LogP contribution in [0.3, 0.4) is 0 Å². The van der Waals surface area contributed by atoms with Gasteiger partial charge >= 0.3 is 0 Å². The van der Waals surface area contributed by atoms with Crippen LogP contribution in [0.1, 0.15) is 31.2 Å². The molecule has 1 aliphatic heterocycles. The molecule has 5 rings (SSSR count). The van der Waals surface area contributed by atoms with Gasteiger partial charge in [-0.15, -0.1) is 5.10 Å². The number of anilines is 1. The molecule has 0 radical (unpaired) electrons. The zero-order valence-electron chi connectivity index (χ0n) is 16.4. The maximum Gasteiger partial charge on any atom is 0.282 e. The number of rotatable bonds is 3. The summed E-state index contributed by atoms with van der Waals surface area (Å²) in [5.74, 6) is 1.02. The van der Waals surface area contributed by atoms with Crippen LogP contribution in [0.2, 0.25) is 0 Å². The number of nitrogens with zero attached hydrogens (tertiary/aromatic N) is 5. The molecule has 0 amide bonds. The Morgan fingerprint density at radius 2 is 1.73 bits per heavy atom. The second-order valence-corrected chi connectivity index (χ2v) is 8.61. The van der Waals surface area contributed by atoms with Gasteiger partial charge in [-0.1, -0.05) is 40.9 Å². The highest BCUT2D eigenvalue weighted by atomic mass is 79.9. The Morgan fingerprint density at radius 3 is 2.47 bits per heavy atom. The van der Waals surface area contributed by atoms with E-state index < -0.39 is 0 Å². The van der Waals surface area contributed by atoms with Crippen molar-refractivity contribution in [3.05, 3.63) is 68.7 Å². The van der Waals surface area contributed by atoms with Gasteiger partial charge in [-0.3, -0.25) is 4.79 Å². The summed E-state index contributed by atoms with van der Waals surface area (Å²) in [4.78, 5) is 19.5. The molecule has 0 saturated carbocycles. The highest BCUT2D eigenvalue weighted by molar-refractivity contribution is 9.10. The Morgan fingerprint density at radius 1 is 1.00 bits per heavy atom. The van der Waals surface area contributed by atoms with Gasteiger partial charge in [0, 0.05) is 17.6 Å². The summed E-state index contributed by atoms with van der Waals surface area (Å²) in [5, 5.41) is 5.44.